The van der Waals surface area contributed by atoms with Crippen LogP contribution < -0.4 is 14.5 Å². The molecule has 0 atom stereocenters. The molecular formula is C37H31N4OPt-3. The summed E-state index contributed by atoms with van der Waals surface area (Å²) in [6, 6.07) is 38.1. The van der Waals surface area contributed by atoms with E-state index in [2.05, 4.69) is 116 Å². The number of benzene rings is 4. The molecule has 5 nitrogen and oxygen atoms in total. The fourth-order valence-electron chi connectivity index (χ4n) is 5.38. The minimum Gasteiger partial charge on any atom is -0.509 e. The first-order chi connectivity index (χ1) is 20.3. The molecule has 0 spiro atoms. The van der Waals surface area contributed by atoms with Crippen molar-refractivity contribution >= 4 is 33.2 Å². The number of hydrogen-bond acceptors (Lipinski definition) is 4. The number of aromatic nitrogens is 2. The van der Waals surface area contributed by atoms with Gasteiger partial charge in [-0.1, -0.05) is 56.6 Å². The topological polar surface area (TPSA) is 33.5 Å². The molecule has 0 bridgehead atoms. The largest absolute Gasteiger partial charge is 0.509 e. The van der Waals surface area contributed by atoms with Crippen LogP contribution in [-0.2, 0) is 26.5 Å². The van der Waals surface area contributed by atoms with E-state index in [0.717, 1.165) is 39.0 Å². The van der Waals surface area contributed by atoms with Gasteiger partial charge in [0.2, 0.25) is 0 Å². The molecule has 0 unspecified atom stereocenters. The van der Waals surface area contributed by atoms with Crippen molar-refractivity contribution in [3.63, 3.8) is 0 Å². The molecule has 0 radical (unpaired) electrons. The summed E-state index contributed by atoms with van der Waals surface area (Å²) in [4.78, 5) is 8.90. The molecule has 0 aliphatic carbocycles. The summed E-state index contributed by atoms with van der Waals surface area (Å²) in [6.07, 6.45) is 5.95. The monoisotopic (exact) mass is 742 g/mol. The molecule has 218 valence electrons. The van der Waals surface area contributed by atoms with Crippen LogP contribution in [0.3, 0.4) is 0 Å². The number of hydrogen-bond donors (Lipinski definition) is 0. The molecule has 6 aromatic rings. The van der Waals surface area contributed by atoms with Crippen LogP contribution in [0.15, 0.2) is 110 Å². The molecule has 6 heteroatoms. The van der Waals surface area contributed by atoms with Crippen molar-refractivity contribution in [2.24, 2.45) is 0 Å². The second kappa shape index (κ2) is 11.4. The van der Waals surface area contributed by atoms with E-state index in [4.69, 9.17) is 9.72 Å². The third-order valence-corrected chi connectivity index (χ3v) is 7.58. The van der Waals surface area contributed by atoms with Gasteiger partial charge in [0.25, 0.3) is 0 Å². The van der Waals surface area contributed by atoms with Crippen molar-refractivity contribution < 1.29 is 25.8 Å². The van der Waals surface area contributed by atoms with E-state index >= 15 is 0 Å². The van der Waals surface area contributed by atoms with Crippen molar-refractivity contribution in [3.8, 4) is 17.3 Å². The van der Waals surface area contributed by atoms with Crippen LogP contribution in [0.1, 0.15) is 31.9 Å². The third-order valence-electron chi connectivity index (χ3n) is 7.58. The zero-order valence-electron chi connectivity index (χ0n) is 24.5. The molecule has 2 aromatic heterocycles. The normalized spacial score (nSPS) is 13.1. The number of para-hydroxylation sites is 1. The van der Waals surface area contributed by atoms with Gasteiger partial charge in [-0.3, -0.25) is 0 Å². The number of aryl methyl sites for hydroxylation is 1. The Bertz CT molecular complexity index is 1970. The average Bonchev–Trinajstić information content (AvgIpc) is 3.61. The summed E-state index contributed by atoms with van der Waals surface area (Å²) in [5.41, 5.74) is 6.47. The molecule has 4 aromatic carbocycles. The molecule has 0 saturated carbocycles. The van der Waals surface area contributed by atoms with Gasteiger partial charge in [0.1, 0.15) is 5.82 Å². The van der Waals surface area contributed by atoms with Crippen LogP contribution in [0, 0.1) is 25.7 Å². The molecule has 7 rings (SSSR count). The standard InChI is InChI=1S/C37H31N4O.Pt/c1-26-9-7-10-28(21-26)39-19-20-40(25-39)29-11-8-12-30(23-29)42-31-15-16-33-32-13-5-6-14-34(32)41(35(33)24-31)36-22-27(17-18-38-36)37(2,3)4;/h5-22,25H,1-4H3;/q-3;. The molecule has 1 aliphatic rings. The van der Waals surface area contributed by atoms with Crippen LogP contribution in [0.25, 0.3) is 27.6 Å². The van der Waals surface area contributed by atoms with Crippen LogP contribution in [-0.4, -0.2) is 9.55 Å². The van der Waals surface area contributed by atoms with Gasteiger partial charge in [-0.15, -0.1) is 48.1 Å². The third kappa shape index (κ3) is 5.58. The van der Waals surface area contributed by atoms with Gasteiger partial charge in [-0.05, 0) is 71.6 Å². The first-order valence-corrected chi connectivity index (χ1v) is 14.1. The molecular weight excluding hydrogens is 712 g/mol. The van der Waals surface area contributed by atoms with Crippen molar-refractivity contribution in [1.29, 1.82) is 0 Å². The summed E-state index contributed by atoms with van der Waals surface area (Å²) >= 11 is 0. The Labute approximate surface area is 267 Å². The minimum atomic E-state index is 0. The fraction of sp³-hybridized carbons (Fsp3) is 0.135. The minimum absolute atomic E-state index is 0. The number of anilines is 2. The Morgan fingerprint density at radius 3 is 2.40 bits per heavy atom. The van der Waals surface area contributed by atoms with E-state index in [0.29, 0.717) is 11.5 Å². The Morgan fingerprint density at radius 2 is 1.56 bits per heavy atom. The Kier molecular flexibility index (Phi) is 7.62. The van der Waals surface area contributed by atoms with E-state index in [1.807, 2.05) is 54.4 Å². The predicted molar refractivity (Wildman–Crippen MR) is 171 cm³/mol. The fourth-order valence-corrected chi connectivity index (χ4v) is 5.38. The van der Waals surface area contributed by atoms with E-state index < -0.39 is 0 Å². The summed E-state index contributed by atoms with van der Waals surface area (Å²) in [7, 11) is 0. The second-order valence-electron chi connectivity index (χ2n) is 11.7. The quantitative estimate of drug-likeness (QED) is 0.165. The van der Waals surface area contributed by atoms with Crippen molar-refractivity contribution in [3.05, 3.63) is 140 Å². The maximum absolute atomic E-state index is 6.36. The Hall–Kier alpha value is -4.34. The molecule has 0 amide bonds. The van der Waals surface area contributed by atoms with E-state index in [1.54, 1.807) is 0 Å². The van der Waals surface area contributed by atoms with Crippen LogP contribution >= 0.6 is 0 Å². The number of rotatable bonds is 5. The molecule has 0 fully saturated rings. The maximum atomic E-state index is 6.36. The van der Waals surface area contributed by atoms with Crippen molar-refractivity contribution in [2.75, 3.05) is 9.80 Å². The average molecular weight is 743 g/mol. The van der Waals surface area contributed by atoms with Gasteiger partial charge in [-0.2, -0.15) is 12.1 Å². The van der Waals surface area contributed by atoms with Crippen molar-refractivity contribution in [2.45, 2.75) is 33.1 Å². The molecule has 43 heavy (non-hydrogen) atoms. The summed E-state index contributed by atoms with van der Waals surface area (Å²) in [5, 5.41) is 2.26. The SMILES string of the molecule is Cc1cccc(N2C=CN(c3[c-]c(Oc4[c-]c5c(cc4)c4ccccc4n5-c4cc(C(C)(C)C)ccn4)ccc3)[CH-]2)c1.[Pt]. The summed E-state index contributed by atoms with van der Waals surface area (Å²) in [5.74, 6) is 2.11. The van der Waals surface area contributed by atoms with Gasteiger partial charge < -0.3 is 19.1 Å². The van der Waals surface area contributed by atoms with Gasteiger partial charge in [0.05, 0.1) is 0 Å². The summed E-state index contributed by atoms with van der Waals surface area (Å²) < 4.78 is 8.53. The number of pyridine rings is 1. The first kappa shape index (κ1) is 28.8. The number of ether oxygens (including phenoxy) is 1. The predicted octanol–water partition coefficient (Wildman–Crippen LogP) is 9.09. The second-order valence-corrected chi connectivity index (χ2v) is 11.7. The maximum Gasteiger partial charge on any atom is 0.135 e. The molecule has 0 N–H and O–H groups in total. The summed E-state index contributed by atoms with van der Waals surface area (Å²) in [6.45, 7) is 10.8. The Morgan fingerprint density at radius 1 is 0.767 bits per heavy atom. The zero-order valence-corrected chi connectivity index (χ0v) is 26.8. The smallest absolute Gasteiger partial charge is 0.135 e. The van der Waals surface area contributed by atoms with Gasteiger partial charge >= 0.3 is 0 Å². The molecule has 1 aliphatic heterocycles. The van der Waals surface area contributed by atoms with Gasteiger partial charge in [-0.25, -0.2) is 4.98 Å². The zero-order chi connectivity index (χ0) is 28.8. The van der Waals surface area contributed by atoms with E-state index in [1.165, 1.54) is 11.1 Å². The van der Waals surface area contributed by atoms with Gasteiger partial charge in [0.15, 0.2) is 0 Å². The molecule has 0 saturated heterocycles. The number of fused-ring (bicyclic) bond motifs is 3. The first-order valence-electron chi connectivity index (χ1n) is 14.1. The molecule has 3 heterocycles. The van der Waals surface area contributed by atoms with Crippen molar-refractivity contribution in [1.82, 2.24) is 9.55 Å². The van der Waals surface area contributed by atoms with Crippen LogP contribution in [0.5, 0.6) is 11.5 Å². The van der Waals surface area contributed by atoms with Crippen LogP contribution in [0.4, 0.5) is 11.4 Å². The Balaban J connectivity index is 0.00000329. The van der Waals surface area contributed by atoms with E-state index in [9.17, 15) is 0 Å². The van der Waals surface area contributed by atoms with Crippen LogP contribution in [0.2, 0.25) is 0 Å². The van der Waals surface area contributed by atoms with E-state index in [-0.39, 0.29) is 26.5 Å². The van der Waals surface area contributed by atoms with Gasteiger partial charge in [0, 0.05) is 50.0 Å². The number of nitrogens with zero attached hydrogens (tertiary/aromatic N) is 4.